The fraction of sp³-hybridized carbons (Fsp3) is 0.0588. The molecule has 116 valence electrons. The van der Waals surface area contributed by atoms with Crippen molar-refractivity contribution >= 4 is 40.4 Å². The first-order valence-electron chi connectivity index (χ1n) is 7.00. The van der Waals surface area contributed by atoms with Gasteiger partial charge in [0.25, 0.3) is 5.91 Å². The minimum atomic E-state index is -0.154. The lowest BCUT2D eigenvalue weighted by Gasteiger charge is -2.07. The number of halogens is 1. The first kappa shape index (κ1) is 15.5. The number of carbonyl (C=O) groups excluding carboxylic acids is 1. The van der Waals surface area contributed by atoms with E-state index in [0.717, 1.165) is 15.7 Å². The van der Waals surface area contributed by atoms with E-state index < -0.39 is 0 Å². The van der Waals surface area contributed by atoms with E-state index >= 15 is 0 Å². The van der Waals surface area contributed by atoms with Crippen molar-refractivity contribution in [2.45, 2.75) is 6.54 Å². The van der Waals surface area contributed by atoms with Gasteiger partial charge in [0, 0.05) is 10.4 Å². The van der Waals surface area contributed by atoms with Crippen LogP contribution in [0.3, 0.4) is 0 Å². The van der Waals surface area contributed by atoms with Crippen LogP contribution in [0.25, 0.3) is 0 Å². The molecule has 0 saturated heterocycles. The minimum absolute atomic E-state index is 0.154. The zero-order chi connectivity index (χ0) is 16.1. The van der Waals surface area contributed by atoms with Crippen LogP contribution in [0.1, 0.15) is 15.2 Å². The predicted octanol–water partition coefficient (Wildman–Crippen LogP) is 4.66. The number of aromatic nitrogens is 1. The Balaban J connectivity index is 1.59. The zero-order valence-corrected chi connectivity index (χ0v) is 13.7. The number of rotatable bonds is 5. The van der Waals surface area contributed by atoms with Gasteiger partial charge in [0.05, 0.1) is 23.5 Å². The Bertz CT molecular complexity index is 787. The molecule has 0 atom stereocenters. The van der Waals surface area contributed by atoms with Crippen LogP contribution in [-0.4, -0.2) is 10.9 Å². The summed E-state index contributed by atoms with van der Waals surface area (Å²) in [6.07, 6.45) is 1.62. The van der Waals surface area contributed by atoms with Gasteiger partial charge in [0.1, 0.15) is 5.82 Å². The number of thiophene rings is 1. The molecule has 2 aromatic heterocycles. The van der Waals surface area contributed by atoms with Gasteiger partial charge in [-0.3, -0.25) is 4.79 Å². The predicted molar refractivity (Wildman–Crippen MR) is 95.3 cm³/mol. The fourth-order valence-electron chi connectivity index (χ4n) is 1.99. The Labute approximate surface area is 143 Å². The summed E-state index contributed by atoms with van der Waals surface area (Å²) in [5.74, 6) is 0.575. The summed E-state index contributed by atoms with van der Waals surface area (Å²) in [5.41, 5.74) is 1.26. The number of carbonyl (C=O) groups is 1. The molecule has 0 saturated carbocycles. The van der Waals surface area contributed by atoms with Crippen molar-refractivity contribution in [2.75, 3.05) is 10.6 Å². The Hall–Kier alpha value is -2.37. The second kappa shape index (κ2) is 7.26. The summed E-state index contributed by atoms with van der Waals surface area (Å²) in [6, 6.07) is 14.6. The molecule has 23 heavy (non-hydrogen) atoms. The third-order valence-electron chi connectivity index (χ3n) is 3.18. The number of benzene rings is 1. The van der Waals surface area contributed by atoms with E-state index in [-0.39, 0.29) is 5.91 Å². The third-order valence-corrected chi connectivity index (χ3v) is 4.57. The summed E-state index contributed by atoms with van der Waals surface area (Å²) < 4.78 is 0. The third kappa shape index (κ3) is 4.09. The van der Waals surface area contributed by atoms with Crippen LogP contribution in [-0.2, 0) is 6.54 Å². The lowest BCUT2D eigenvalue weighted by molar-refractivity contribution is 0.102. The van der Waals surface area contributed by atoms with Gasteiger partial charge in [0.15, 0.2) is 0 Å². The summed E-state index contributed by atoms with van der Waals surface area (Å²) in [7, 11) is 0. The summed E-state index contributed by atoms with van der Waals surface area (Å²) in [4.78, 5) is 17.4. The standard InChI is InChI=1S/C17H14ClN3OS/c18-14-8-9-23-15(14)11-20-16-7-6-13(10-19-16)21-17(22)12-4-2-1-3-5-12/h1-10H,11H2,(H,19,20)(H,21,22). The average Bonchev–Trinajstić information content (AvgIpc) is 3.00. The molecule has 3 aromatic rings. The normalized spacial score (nSPS) is 10.3. The van der Waals surface area contributed by atoms with Gasteiger partial charge in [-0.1, -0.05) is 29.8 Å². The molecule has 4 nitrogen and oxygen atoms in total. The molecule has 0 spiro atoms. The average molecular weight is 344 g/mol. The van der Waals surface area contributed by atoms with Crippen molar-refractivity contribution in [3.05, 3.63) is 75.6 Å². The van der Waals surface area contributed by atoms with Gasteiger partial charge in [-0.25, -0.2) is 4.98 Å². The van der Waals surface area contributed by atoms with Crippen molar-refractivity contribution in [1.29, 1.82) is 0 Å². The smallest absolute Gasteiger partial charge is 0.255 e. The molecule has 0 aliphatic heterocycles. The number of anilines is 2. The number of pyridine rings is 1. The molecule has 2 heterocycles. The van der Waals surface area contributed by atoms with Gasteiger partial charge in [0.2, 0.25) is 0 Å². The van der Waals surface area contributed by atoms with Gasteiger partial charge < -0.3 is 10.6 Å². The molecule has 3 rings (SSSR count). The van der Waals surface area contributed by atoms with Crippen molar-refractivity contribution < 1.29 is 4.79 Å². The second-order valence-corrected chi connectivity index (χ2v) is 6.21. The largest absolute Gasteiger partial charge is 0.365 e. The number of nitrogens with zero attached hydrogens (tertiary/aromatic N) is 1. The van der Waals surface area contributed by atoms with Crippen LogP contribution in [0.4, 0.5) is 11.5 Å². The Morgan fingerprint density at radius 2 is 1.96 bits per heavy atom. The minimum Gasteiger partial charge on any atom is -0.365 e. The van der Waals surface area contributed by atoms with Crippen LogP contribution >= 0.6 is 22.9 Å². The highest BCUT2D eigenvalue weighted by Gasteiger charge is 2.06. The maximum Gasteiger partial charge on any atom is 0.255 e. The molecule has 0 unspecified atom stereocenters. The van der Waals surface area contributed by atoms with Gasteiger partial charge in [-0.05, 0) is 35.7 Å². The van der Waals surface area contributed by atoms with E-state index in [1.54, 1.807) is 29.7 Å². The van der Waals surface area contributed by atoms with E-state index in [0.29, 0.717) is 17.8 Å². The molecule has 2 N–H and O–H groups in total. The lowest BCUT2D eigenvalue weighted by Crippen LogP contribution is -2.12. The van der Waals surface area contributed by atoms with Gasteiger partial charge in [-0.2, -0.15) is 0 Å². The SMILES string of the molecule is O=C(Nc1ccc(NCc2sccc2Cl)nc1)c1ccccc1. The van der Waals surface area contributed by atoms with Gasteiger partial charge >= 0.3 is 0 Å². The first-order valence-corrected chi connectivity index (χ1v) is 8.26. The van der Waals surface area contributed by atoms with Crippen molar-refractivity contribution in [3.8, 4) is 0 Å². The lowest BCUT2D eigenvalue weighted by atomic mass is 10.2. The molecule has 0 bridgehead atoms. The number of nitrogens with one attached hydrogen (secondary N) is 2. The van der Waals surface area contributed by atoms with E-state index in [1.807, 2.05) is 41.8 Å². The Morgan fingerprint density at radius 1 is 1.13 bits per heavy atom. The molecule has 0 aliphatic carbocycles. The molecule has 6 heteroatoms. The van der Waals surface area contributed by atoms with E-state index in [1.165, 1.54) is 0 Å². The fourth-order valence-corrected chi connectivity index (χ4v) is 3.03. The summed E-state index contributed by atoms with van der Waals surface area (Å²) in [5, 5.41) is 8.73. The number of hydrogen-bond donors (Lipinski definition) is 2. The molecule has 1 aromatic carbocycles. The van der Waals surface area contributed by atoms with Crippen molar-refractivity contribution in [1.82, 2.24) is 4.98 Å². The van der Waals surface area contributed by atoms with Crippen LogP contribution in [0.5, 0.6) is 0 Å². The zero-order valence-electron chi connectivity index (χ0n) is 12.1. The maximum atomic E-state index is 12.0. The van der Waals surface area contributed by atoms with E-state index in [4.69, 9.17) is 11.6 Å². The summed E-state index contributed by atoms with van der Waals surface area (Å²) >= 11 is 7.65. The van der Waals surface area contributed by atoms with Crippen LogP contribution in [0, 0.1) is 0 Å². The number of hydrogen-bond acceptors (Lipinski definition) is 4. The highest BCUT2D eigenvalue weighted by Crippen LogP contribution is 2.23. The number of amides is 1. The molecular formula is C17H14ClN3OS. The molecule has 0 radical (unpaired) electrons. The Morgan fingerprint density at radius 3 is 2.61 bits per heavy atom. The van der Waals surface area contributed by atoms with E-state index in [9.17, 15) is 4.79 Å². The van der Waals surface area contributed by atoms with Crippen LogP contribution in [0.2, 0.25) is 5.02 Å². The topological polar surface area (TPSA) is 54.0 Å². The Kier molecular flexibility index (Phi) is 4.90. The molecular weight excluding hydrogens is 330 g/mol. The first-order chi connectivity index (χ1) is 11.2. The maximum absolute atomic E-state index is 12.0. The molecule has 0 aliphatic rings. The van der Waals surface area contributed by atoms with Gasteiger partial charge in [-0.15, -0.1) is 11.3 Å². The molecule has 1 amide bonds. The molecule has 0 fully saturated rings. The van der Waals surface area contributed by atoms with E-state index in [2.05, 4.69) is 15.6 Å². The highest BCUT2D eigenvalue weighted by atomic mass is 35.5. The van der Waals surface area contributed by atoms with Crippen molar-refractivity contribution in [2.24, 2.45) is 0 Å². The monoisotopic (exact) mass is 343 g/mol. The second-order valence-electron chi connectivity index (χ2n) is 4.80. The van der Waals surface area contributed by atoms with Crippen LogP contribution < -0.4 is 10.6 Å². The summed E-state index contributed by atoms with van der Waals surface area (Å²) in [6.45, 7) is 0.624. The quantitative estimate of drug-likeness (QED) is 0.708. The highest BCUT2D eigenvalue weighted by molar-refractivity contribution is 7.10. The van der Waals surface area contributed by atoms with Crippen molar-refractivity contribution in [3.63, 3.8) is 0 Å². The van der Waals surface area contributed by atoms with Crippen LogP contribution in [0.15, 0.2) is 60.1 Å².